The van der Waals surface area contributed by atoms with Gasteiger partial charge in [0.05, 0.1) is 5.56 Å². The molecule has 0 spiro atoms. The summed E-state index contributed by atoms with van der Waals surface area (Å²) in [6.07, 6.45) is 0. The van der Waals surface area contributed by atoms with Crippen molar-refractivity contribution < 1.29 is 14.6 Å². The topological polar surface area (TPSA) is 46.5 Å². The molecule has 0 amide bonds. The second-order valence-corrected chi connectivity index (χ2v) is 3.29. The van der Waals surface area contributed by atoms with Crippen LogP contribution in [0, 0.1) is 0 Å². The molecule has 4 heteroatoms. The molecular weight excluding hydrogens is 216 g/mol. The summed E-state index contributed by atoms with van der Waals surface area (Å²) in [5, 5.41) is 8.66. The molecule has 0 atom stereocenters. The van der Waals surface area contributed by atoms with Crippen LogP contribution in [-0.2, 0) is 0 Å². The molecule has 0 aliphatic rings. The first kappa shape index (κ1) is 11.6. The number of hydrogen-bond acceptors (Lipinski definition) is 2. The SMILES string of the molecule is C/C(=C/Cl)COc1ccc(C(=O)O)cc1. The number of carboxylic acids is 1. The standard InChI is InChI=1S/C11H11ClO3/c1-8(6-12)7-15-10-4-2-9(3-5-10)11(13)14/h2-6H,7H2,1H3,(H,13,14)/b8-6-. The minimum absolute atomic E-state index is 0.243. The molecule has 0 saturated carbocycles. The number of carboxylic acid groups (broad SMARTS) is 1. The molecule has 1 N–H and O–H groups in total. The summed E-state index contributed by atoms with van der Waals surface area (Å²) in [7, 11) is 0. The van der Waals surface area contributed by atoms with Gasteiger partial charge in [-0.1, -0.05) is 11.6 Å². The van der Waals surface area contributed by atoms with Crippen molar-refractivity contribution in [3.8, 4) is 5.75 Å². The lowest BCUT2D eigenvalue weighted by Gasteiger charge is -2.05. The Hall–Kier alpha value is -1.48. The van der Waals surface area contributed by atoms with Crippen LogP contribution in [-0.4, -0.2) is 17.7 Å². The summed E-state index contributed by atoms with van der Waals surface area (Å²) in [5.74, 6) is -0.323. The summed E-state index contributed by atoms with van der Waals surface area (Å²) in [5.41, 5.74) is 2.59. The Morgan fingerprint density at radius 3 is 2.53 bits per heavy atom. The van der Waals surface area contributed by atoms with Crippen molar-refractivity contribution in [2.24, 2.45) is 0 Å². The average molecular weight is 227 g/mol. The third kappa shape index (κ3) is 3.64. The molecule has 0 aliphatic heterocycles. The molecule has 0 heterocycles. The minimum atomic E-state index is -0.946. The number of benzene rings is 1. The highest BCUT2D eigenvalue weighted by molar-refractivity contribution is 6.25. The number of ether oxygens (including phenoxy) is 1. The lowest BCUT2D eigenvalue weighted by molar-refractivity contribution is 0.0697. The molecule has 0 aromatic heterocycles. The summed E-state index contributed by atoms with van der Waals surface area (Å²) < 4.78 is 5.35. The van der Waals surface area contributed by atoms with E-state index in [1.807, 2.05) is 6.92 Å². The summed E-state index contributed by atoms with van der Waals surface area (Å²) in [4.78, 5) is 10.6. The Kier molecular flexibility index (Phi) is 4.18. The van der Waals surface area contributed by atoms with E-state index in [4.69, 9.17) is 21.4 Å². The number of aromatic carboxylic acids is 1. The maximum Gasteiger partial charge on any atom is 0.335 e. The van der Waals surface area contributed by atoms with Gasteiger partial charge in [-0.15, -0.1) is 0 Å². The fourth-order valence-electron chi connectivity index (χ4n) is 0.922. The van der Waals surface area contributed by atoms with Crippen LogP contribution in [0.2, 0.25) is 0 Å². The van der Waals surface area contributed by atoms with Crippen LogP contribution in [0.4, 0.5) is 0 Å². The van der Waals surface area contributed by atoms with Gasteiger partial charge in [0.2, 0.25) is 0 Å². The zero-order chi connectivity index (χ0) is 11.3. The monoisotopic (exact) mass is 226 g/mol. The van der Waals surface area contributed by atoms with E-state index in [0.717, 1.165) is 5.57 Å². The van der Waals surface area contributed by atoms with Gasteiger partial charge in [-0.3, -0.25) is 0 Å². The van der Waals surface area contributed by atoms with Crippen LogP contribution in [0.15, 0.2) is 35.4 Å². The Balaban J connectivity index is 2.61. The van der Waals surface area contributed by atoms with E-state index in [-0.39, 0.29) is 5.56 Å². The highest BCUT2D eigenvalue weighted by Crippen LogP contribution is 2.13. The Labute approximate surface area is 92.9 Å². The fraction of sp³-hybridized carbons (Fsp3) is 0.182. The molecule has 0 saturated heterocycles. The maximum atomic E-state index is 10.6. The molecule has 15 heavy (non-hydrogen) atoms. The second-order valence-electron chi connectivity index (χ2n) is 3.07. The van der Waals surface area contributed by atoms with E-state index >= 15 is 0 Å². The zero-order valence-corrected chi connectivity index (χ0v) is 8.99. The van der Waals surface area contributed by atoms with Crippen molar-refractivity contribution >= 4 is 17.6 Å². The minimum Gasteiger partial charge on any atom is -0.489 e. The first-order valence-corrected chi connectivity index (χ1v) is 4.79. The molecule has 1 aromatic carbocycles. The van der Waals surface area contributed by atoms with Crippen LogP contribution in [0.1, 0.15) is 17.3 Å². The average Bonchev–Trinajstić information content (AvgIpc) is 2.26. The number of carbonyl (C=O) groups is 1. The summed E-state index contributed by atoms with van der Waals surface area (Å²) >= 11 is 5.47. The highest BCUT2D eigenvalue weighted by atomic mass is 35.5. The summed E-state index contributed by atoms with van der Waals surface area (Å²) in [6.45, 7) is 2.24. The smallest absolute Gasteiger partial charge is 0.335 e. The zero-order valence-electron chi connectivity index (χ0n) is 8.24. The van der Waals surface area contributed by atoms with Crippen molar-refractivity contribution in [1.82, 2.24) is 0 Å². The van der Waals surface area contributed by atoms with Crippen molar-refractivity contribution in [3.05, 3.63) is 40.9 Å². The van der Waals surface area contributed by atoms with Crippen LogP contribution in [0.5, 0.6) is 5.75 Å². The molecule has 0 unspecified atom stereocenters. The molecule has 0 radical (unpaired) electrons. The Bertz CT molecular complexity index is 368. The Morgan fingerprint density at radius 2 is 2.07 bits per heavy atom. The van der Waals surface area contributed by atoms with Crippen molar-refractivity contribution in [3.63, 3.8) is 0 Å². The molecule has 1 aromatic rings. The number of hydrogen-bond donors (Lipinski definition) is 1. The Morgan fingerprint density at radius 1 is 1.47 bits per heavy atom. The van der Waals surface area contributed by atoms with Gasteiger partial charge >= 0.3 is 5.97 Å². The van der Waals surface area contributed by atoms with Crippen LogP contribution >= 0.6 is 11.6 Å². The van der Waals surface area contributed by atoms with Gasteiger partial charge in [-0.2, -0.15) is 0 Å². The van der Waals surface area contributed by atoms with Gasteiger partial charge in [-0.05, 0) is 36.8 Å². The third-order valence-electron chi connectivity index (χ3n) is 1.75. The lowest BCUT2D eigenvalue weighted by atomic mass is 10.2. The highest BCUT2D eigenvalue weighted by Gasteiger charge is 2.01. The second kappa shape index (κ2) is 5.41. The van der Waals surface area contributed by atoms with E-state index in [1.165, 1.54) is 17.7 Å². The molecule has 1 rings (SSSR count). The van der Waals surface area contributed by atoms with E-state index in [9.17, 15) is 4.79 Å². The lowest BCUT2D eigenvalue weighted by Crippen LogP contribution is -1.99. The van der Waals surface area contributed by atoms with Crippen LogP contribution in [0.3, 0.4) is 0 Å². The van der Waals surface area contributed by atoms with E-state index < -0.39 is 5.97 Å². The maximum absolute atomic E-state index is 10.6. The van der Waals surface area contributed by atoms with E-state index in [2.05, 4.69) is 0 Å². The van der Waals surface area contributed by atoms with Crippen LogP contribution < -0.4 is 4.74 Å². The van der Waals surface area contributed by atoms with Crippen molar-refractivity contribution in [2.75, 3.05) is 6.61 Å². The summed E-state index contributed by atoms with van der Waals surface area (Å²) in [6, 6.07) is 6.23. The van der Waals surface area contributed by atoms with Gasteiger partial charge < -0.3 is 9.84 Å². The predicted octanol–water partition coefficient (Wildman–Crippen LogP) is 2.91. The van der Waals surface area contributed by atoms with Crippen molar-refractivity contribution in [1.29, 1.82) is 0 Å². The van der Waals surface area contributed by atoms with Gasteiger partial charge in [-0.25, -0.2) is 4.79 Å². The first-order valence-electron chi connectivity index (χ1n) is 4.35. The fourth-order valence-corrected chi connectivity index (χ4v) is 0.985. The number of rotatable bonds is 4. The van der Waals surface area contributed by atoms with Gasteiger partial charge in [0.25, 0.3) is 0 Å². The third-order valence-corrected chi connectivity index (χ3v) is 2.13. The quantitative estimate of drug-likeness (QED) is 0.859. The van der Waals surface area contributed by atoms with Crippen molar-refractivity contribution in [2.45, 2.75) is 6.92 Å². The largest absolute Gasteiger partial charge is 0.489 e. The molecule has 0 bridgehead atoms. The molecule has 80 valence electrons. The predicted molar refractivity (Wildman–Crippen MR) is 58.5 cm³/mol. The van der Waals surface area contributed by atoms with Gasteiger partial charge in [0, 0.05) is 5.54 Å². The molecule has 0 fully saturated rings. The van der Waals surface area contributed by atoms with Crippen LogP contribution in [0.25, 0.3) is 0 Å². The molecule has 0 aliphatic carbocycles. The van der Waals surface area contributed by atoms with Gasteiger partial charge in [0.15, 0.2) is 0 Å². The normalized spacial score (nSPS) is 11.2. The molecular formula is C11H11ClO3. The first-order chi connectivity index (χ1) is 7.13. The van der Waals surface area contributed by atoms with Gasteiger partial charge in [0.1, 0.15) is 12.4 Å². The number of halogens is 1. The van der Waals surface area contributed by atoms with E-state index in [1.54, 1.807) is 12.1 Å². The van der Waals surface area contributed by atoms with E-state index in [0.29, 0.717) is 12.4 Å². The molecule has 3 nitrogen and oxygen atoms in total.